The van der Waals surface area contributed by atoms with E-state index >= 15 is 0 Å². The van der Waals surface area contributed by atoms with Crippen molar-refractivity contribution in [2.24, 2.45) is 0 Å². The lowest BCUT2D eigenvalue weighted by atomic mass is 10.0. The van der Waals surface area contributed by atoms with Gasteiger partial charge in [0.15, 0.2) is 0 Å². The maximum absolute atomic E-state index is 12.3. The highest BCUT2D eigenvalue weighted by Gasteiger charge is 2.17. The van der Waals surface area contributed by atoms with Crippen LogP contribution in [-0.4, -0.2) is 34.9 Å². The minimum absolute atomic E-state index is 0.0820. The second-order valence-corrected chi connectivity index (χ2v) is 14.4. The third-order valence-electron chi connectivity index (χ3n) is 9.55. The van der Waals surface area contributed by atoms with E-state index < -0.39 is 12.1 Å². The maximum atomic E-state index is 12.3. The van der Waals surface area contributed by atoms with Crippen LogP contribution in [0.15, 0.2) is 60.8 Å². The van der Waals surface area contributed by atoms with E-state index in [9.17, 15) is 15.0 Å². The molecule has 2 unspecified atom stereocenters. The van der Waals surface area contributed by atoms with Gasteiger partial charge in [-0.2, -0.15) is 0 Å². The summed E-state index contributed by atoms with van der Waals surface area (Å²) in [7, 11) is 0. The van der Waals surface area contributed by atoms with E-state index in [0.29, 0.717) is 6.42 Å². The van der Waals surface area contributed by atoms with Gasteiger partial charge in [-0.25, -0.2) is 0 Å². The van der Waals surface area contributed by atoms with Crippen molar-refractivity contribution in [3.8, 4) is 0 Å². The summed E-state index contributed by atoms with van der Waals surface area (Å²) in [6.45, 7) is 4.05. The Morgan fingerprint density at radius 3 is 1.38 bits per heavy atom. The monoisotopic (exact) mass is 698 g/mol. The van der Waals surface area contributed by atoms with E-state index in [1.807, 2.05) is 13.0 Å². The quantitative estimate of drug-likeness (QED) is 0.0444. The first-order valence-electron chi connectivity index (χ1n) is 21.5. The first kappa shape index (κ1) is 48.1. The molecule has 0 saturated carbocycles. The van der Waals surface area contributed by atoms with Crippen LogP contribution in [-0.2, 0) is 4.79 Å². The van der Waals surface area contributed by atoms with E-state index in [4.69, 9.17) is 0 Å². The topological polar surface area (TPSA) is 69.6 Å². The van der Waals surface area contributed by atoms with E-state index in [-0.39, 0.29) is 12.5 Å². The van der Waals surface area contributed by atoms with E-state index in [1.165, 1.54) is 141 Å². The molecule has 0 rings (SSSR count). The Kier molecular flexibility index (Phi) is 39.9. The third kappa shape index (κ3) is 37.3. The Morgan fingerprint density at radius 2 is 0.920 bits per heavy atom. The summed E-state index contributed by atoms with van der Waals surface area (Å²) < 4.78 is 0. The average Bonchev–Trinajstić information content (AvgIpc) is 3.12. The summed E-state index contributed by atoms with van der Waals surface area (Å²) in [6, 6.07) is -0.643. The maximum Gasteiger partial charge on any atom is 0.220 e. The van der Waals surface area contributed by atoms with Gasteiger partial charge in [0.1, 0.15) is 0 Å². The first-order valence-corrected chi connectivity index (χ1v) is 21.5. The summed E-state index contributed by atoms with van der Waals surface area (Å²) in [5.74, 6) is -0.0820. The van der Waals surface area contributed by atoms with Gasteiger partial charge < -0.3 is 15.5 Å². The Morgan fingerprint density at radius 1 is 0.520 bits per heavy atom. The normalized spacial score (nSPS) is 13.6. The Hall–Kier alpha value is -1.91. The molecule has 0 saturated heterocycles. The summed E-state index contributed by atoms with van der Waals surface area (Å²) in [5, 5.41) is 22.8. The van der Waals surface area contributed by atoms with Crippen molar-refractivity contribution in [3.63, 3.8) is 0 Å². The highest BCUT2D eigenvalue weighted by Crippen LogP contribution is 2.15. The summed E-state index contributed by atoms with van der Waals surface area (Å²) >= 11 is 0. The van der Waals surface area contributed by atoms with Crippen LogP contribution in [0.25, 0.3) is 0 Å². The van der Waals surface area contributed by atoms with Gasteiger partial charge in [0.2, 0.25) is 5.91 Å². The van der Waals surface area contributed by atoms with Crippen molar-refractivity contribution in [2.45, 2.75) is 219 Å². The van der Waals surface area contributed by atoms with Crippen molar-refractivity contribution < 1.29 is 15.0 Å². The van der Waals surface area contributed by atoms with Crippen molar-refractivity contribution >= 4 is 5.91 Å². The molecule has 4 nitrogen and oxygen atoms in total. The zero-order chi connectivity index (χ0) is 36.4. The molecule has 0 aliphatic rings. The minimum Gasteiger partial charge on any atom is -0.394 e. The zero-order valence-electron chi connectivity index (χ0n) is 33.2. The van der Waals surface area contributed by atoms with Crippen molar-refractivity contribution in [2.75, 3.05) is 6.61 Å². The fourth-order valence-corrected chi connectivity index (χ4v) is 6.25. The highest BCUT2D eigenvalue weighted by molar-refractivity contribution is 5.76. The second-order valence-electron chi connectivity index (χ2n) is 14.4. The molecule has 2 atom stereocenters. The van der Waals surface area contributed by atoms with Gasteiger partial charge in [0.25, 0.3) is 0 Å². The Bertz CT molecular complexity index is 842. The van der Waals surface area contributed by atoms with Gasteiger partial charge in [0.05, 0.1) is 18.8 Å². The number of aliphatic hydroxyl groups is 2. The van der Waals surface area contributed by atoms with Crippen LogP contribution < -0.4 is 5.32 Å². The number of carbonyl (C=O) groups excluding carboxylic acids is 1. The molecule has 1 amide bonds. The zero-order valence-corrected chi connectivity index (χ0v) is 33.2. The lowest BCUT2D eigenvalue weighted by molar-refractivity contribution is -0.123. The fraction of sp³-hybridized carbons (Fsp3) is 0.761. The molecule has 50 heavy (non-hydrogen) atoms. The number of amides is 1. The van der Waals surface area contributed by atoms with Gasteiger partial charge in [-0.05, 0) is 71.1 Å². The lowest BCUT2D eigenvalue weighted by Crippen LogP contribution is -2.45. The first-order chi connectivity index (χ1) is 24.7. The number of allylic oxidation sites excluding steroid dienone is 9. The minimum atomic E-state index is -0.868. The molecule has 0 spiro atoms. The fourth-order valence-electron chi connectivity index (χ4n) is 6.25. The largest absolute Gasteiger partial charge is 0.394 e. The summed E-state index contributed by atoms with van der Waals surface area (Å²) in [5.41, 5.74) is 0. The van der Waals surface area contributed by atoms with E-state index in [0.717, 1.165) is 44.9 Å². The van der Waals surface area contributed by atoms with Crippen LogP contribution in [0, 0.1) is 0 Å². The predicted octanol–water partition coefficient (Wildman–Crippen LogP) is 13.3. The summed E-state index contributed by atoms with van der Waals surface area (Å²) in [4.78, 5) is 12.3. The predicted molar refractivity (Wildman–Crippen MR) is 221 cm³/mol. The molecule has 290 valence electrons. The third-order valence-corrected chi connectivity index (χ3v) is 9.55. The van der Waals surface area contributed by atoms with Crippen LogP contribution in [0.5, 0.6) is 0 Å². The van der Waals surface area contributed by atoms with Crippen LogP contribution in [0.4, 0.5) is 0 Å². The number of aliphatic hydroxyl groups excluding tert-OH is 2. The van der Waals surface area contributed by atoms with Crippen molar-refractivity contribution in [3.05, 3.63) is 60.8 Å². The Balaban J connectivity index is 3.47. The van der Waals surface area contributed by atoms with Gasteiger partial charge in [-0.1, -0.05) is 190 Å². The van der Waals surface area contributed by atoms with Crippen LogP contribution >= 0.6 is 0 Å². The van der Waals surface area contributed by atoms with Gasteiger partial charge in [0, 0.05) is 6.42 Å². The number of unbranched alkanes of at least 4 members (excludes halogenated alkanes) is 24. The molecule has 3 N–H and O–H groups in total. The highest BCUT2D eigenvalue weighted by atomic mass is 16.3. The average molecular weight is 698 g/mol. The molecule has 0 bridgehead atoms. The molecule has 0 heterocycles. The van der Waals surface area contributed by atoms with Gasteiger partial charge in [-0.3, -0.25) is 4.79 Å². The Labute approximate surface area is 311 Å². The molecule has 0 fully saturated rings. The number of hydrogen-bond acceptors (Lipinski definition) is 3. The van der Waals surface area contributed by atoms with Crippen LogP contribution in [0.2, 0.25) is 0 Å². The number of rotatable bonds is 38. The van der Waals surface area contributed by atoms with Gasteiger partial charge >= 0.3 is 0 Å². The summed E-state index contributed by atoms with van der Waals surface area (Å²) in [6.07, 6.45) is 57.9. The number of carbonyl (C=O) groups is 1. The van der Waals surface area contributed by atoms with Gasteiger partial charge in [-0.15, -0.1) is 0 Å². The molecule has 0 aromatic carbocycles. The smallest absolute Gasteiger partial charge is 0.220 e. The standard InChI is InChI=1S/C46H83NO3/c1-3-5-7-9-11-13-14-15-16-17-18-19-20-21-22-23-24-25-26-27-28-29-30-31-32-34-36-38-40-42-46(50)47-44(43-48)45(49)41-39-37-35-33-12-10-8-6-4-2/h4,6,12,14-15,17-18,33,39,41,44-45,48-49H,3,5,7-11,13,16,19-32,34-38,40,42-43H2,1-2H3,(H,47,50)/b6-4+,15-14-,18-17-,33-12+,41-39+. The van der Waals surface area contributed by atoms with E-state index in [2.05, 4.69) is 60.8 Å². The van der Waals surface area contributed by atoms with E-state index in [1.54, 1.807) is 6.08 Å². The second kappa shape index (κ2) is 41.5. The van der Waals surface area contributed by atoms with Crippen LogP contribution in [0.3, 0.4) is 0 Å². The molecule has 0 radical (unpaired) electrons. The SMILES string of the molecule is C/C=C/CC/C=C/CC/C=C/C(O)C(CO)NC(=O)CCCCCCCCCCCCCCCCCCC/C=C\C/C=C\CCCCCCC. The van der Waals surface area contributed by atoms with Crippen molar-refractivity contribution in [1.29, 1.82) is 0 Å². The lowest BCUT2D eigenvalue weighted by Gasteiger charge is -2.19. The molecule has 0 aromatic heterocycles. The van der Waals surface area contributed by atoms with Crippen LogP contribution in [0.1, 0.15) is 206 Å². The molecule has 0 aliphatic heterocycles. The molecule has 4 heteroatoms. The van der Waals surface area contributed by atoms with Crippen molar-refractivity contribution in [1.82, 2.24) is 5.32 Å². The molecule has 0 aliphatic carbocycles. The number of nitrogens with one attached hydrogen (secondary N) is 1. The molecule has 0 aromatic rings. The number of hydrogen-bond donors (Lipinski definition) is 3. The molecular weight excluding hydrogens is 615 g/mol. The molecular formula is C46H83NO3.